The molecule has 0 aromatic carbocycles. The van der Waals surface area contributed by atoms with Crippen LogP contribution in [0.1, 0.15) is 44.7 Å². The van der Waals surface area contributed by atoms with Crippen LogP contribution in [0.5, 0.6) is 0 Å². The molecule has 0 radical (unpaired) electrons. The minimum atomic E-state index is 0.0969. The molecule has 0 spiro atoms. The minimum Gasteiger partial charge on any atom is -0.365 e. The zero-order valence-electron chi connectivity index (χ0n) is 11.7. The molecule has 0 bridgehead atoms. The molecule has 1 aliphatic carbocycles. The Morgan fingerprint density at radius 2 is 2.11 bits per heavy atom. The van der Waals surface area contributed by atoms with E-state index in [1.165, 1.54) is 12.8 Å². The molecule has 1 fully saturated rings. The van der Waals surface area contributed by atoms with Crippen LogP contribution in [0.25, 0.3) is 0 Å². The highest BCUT2D eigenvalue weighted by Gasteiger charge is 2.35. The van der Waals surface area contributed by atoms with Gasteiger partial charge in [0.05, 0.1) is 11.6 Å². The Labute approximate surface area is 113 Å². The van der Waals surface area contributed by atoms with Crippen molar-refractivity contribution in [3.05, 3.63) is 5.69 Å². The predicted molar refractivity (Wildman–Crippen MR) is 75.2 cm³/mol. The summed E-state index contributed by atoms with van der Waals surface area (Å²) in [5.41, 5.74) is 1.86. The van der Waals surface area contributed by atoms with Gasteiger partial charge in [-0.05, 0) is 19.3 Å². The van der Waals surface area contributed by atoms with Crippen molar-refractivity contribution in [1.82, 2.24) is 9.78 Å². The highest BCUT2D eigenvalue weighted by atomic mass is 16.2. The molecule has 1 aromatic rings. The summed E-state index contributed by atoms with van der Waals surface area (Å²) in [6.45, 7) is 2.07. The maximum atomic E-state index is 12.5. The predicted octanol–water partition coefficient (Wildman–Crippen LogP) is 2.30. The third-order valence-electron chi connectivity index (χ3n) is 4.38. The Morgan fingerprint density at radius 3 is 2.89 bits per heavy atom. The van der Waals surface area contributed by atoms with Crippen LogP contribution in [0.3, 0.4) is 0 Å². The van der Waals surface area contributed by atoms with E-state index in [0.717, 1.165) is 42.9 Å². The van der Waals surface area contributed by atoms with Crippen LogP contribution in [-0.4, -0.2) is 21.7 Å². The number of nitrogens with one attached hydrogen (secondary N) is 2. The van der Waals surface area contributed by atoms with Crippen molar-refractivity contribution in [3.63, 3.8) is 0 Å². The van der Waals surface area contributed by atoms with E-state index < -0.39 is 0 Å². The number of hydrogen-bond acceptors (Lipinski definition) is 3. The molecular weight excluding hydrogens is 240 g/mol. The Morgan fingerprint density at radius 1 is 1.32 bits per heavy atom. The van der Waals surface area contributed by atoms with E-state index >= 15 is 0 Å². The lowest BCUT2D eigenvalue weighted by molar-refractivity contribution is -0.120. The maximum Gasteiger partial charge on any atom is 0.229 e. The molecule has 5 nitrogen and oxygen atoms in total. The van der Waals surface area contributed by atoms with Crippen molar-refractivity contribution in [1.29, 1.82) is 0 Å². The summed E-state index contributed by atoms with van der Waals surface area (Å²) in [6.07, 6.45) is 6.50. The van der Waals surface area contributed by atoms with Crippen LogP contribution in [0, 0.1) is 5.92 Å². The number of anilines is 2. The van der Waals surface area contributed by atoms with Crippen LogP contribution in [-0.2, 0) is 18.3 Å². The molecule has 104 valence electrons. The average Bonchev–Trinajstić information content (AvgIpc) is 2.60. The maximum absolute atomic E-state index is 12.5. The lowest BCUT2D eigenvalue weighted by Gasteiger charge is -2.22. The summed E-state index contributed by atoms with van der Waals surface area (Å²) >= 11 is 0. The number of fused-ring (bicyclic) bond motifs is 2. The molecule has 2 atom stereocenters. The Bertz CT molecular complexity index is 494. The number of rotatable bonds is 1. The SMILES string of the molecule is CCc1nn(C)c2c1NC(=O)C1CCCCCC1N2. The van der Waals surface area contributed by atoms with E-state index in [9.17, 15) is 4.79 Å². The van der Waals surface area contributed by atoms with Gasteiger partial charge in [-0.25, -0.2) is 0 Å². The summed E-state index contributed by atoms with van der Waals surface area (Å²) < 4.78 is 1.86. The summed E-state index contributed by atoms with van der Waals surface area (Å²) in [5, 5.41) is 11.2. The second-order valence-electron chi connectivity index (χ2n) is 5.63. The lowest BCUT2D eigenvalue weighted by Crippen LogP contribution is -2.34. The highest BCUT2D eigenvalue weighted by Crippen LogP contribution is 2.35. The smallest absolute Gasteiger partial charge is 0.229 e. The molecule has 1 aliphatic heterocycles. The van der Waals surface area contributed by atoms with Crippen LogP contribution < -0.4 is 10.6 Å². The van der Waals surface area contributed by atoms with Gasteiger partial charge in [-0.3, -0.25) is 9.48 Å². The molecule has 0 saturated heterocycles. The van der Waals surface area contributed by atoms with E-state index in [4.69, 9.17) is 0 Å². The van der Waals surface area contributed by atoms with Crippen LogP contribution in [0.15, 0.2) is 0 Å². The van der Waals surface area contributed by atoms with Crippen molar-refractivity contribution in [2.24, 2.45) is 13.0 Å². The molecule has 2 heterocycles. The van der Waals surface area contributed by atoms with E-state index in [2.05, 4.69) is 22.7 Å². The van der Waals surface area contributed by atoms with Crippen molar-refractivity contribution < 1.29 is 4.79 Å². The van der Waals surface area contributed by atoms with Gasteiger partial charge in [0.15, 0.2) is 0 Å². The lowest BCUT2D eigenvalue weighted by atomic mass is 9.94. The van der Waals surface area contributed by atoms with E-state index in [-0.39, 0.29) is 17.9 Å². The summed E-state index contributed by atoms with van der Waals surface area (Å²) in [4.78, 5) is 12.5. The largest absolute Gasteiger partial charge is 0.365 e. The second kappa shape index (κ2) is 4.87. The van der Waals surface area contributed by atoms with Gasteiger partial charge in [-0.1, -0.05) is 26.2 Å². The average molecular weight is 262 g/mol. The number of amides is 1. The fraction of sp³-hybridized carbons (Fsp3) is 0.714. The zero-order chi connectivity index (χ0) is 13.4. The molecule has 19 heavy (non-hydrogen) atoms. The molecule has 1 aromatic heterocycles. The van der Waals surface area contributed by atoms with Gasteiger partial charge in [0, 0.05) is 13.1 Å². The van der Waals surface area contributed by atoms with Crippen LogP contribution in [0.2, 0.25) is 0 Å². The highest BCUT2D eigenvalue weighted by molar-refractivity contribution is 5.98. The standard InChI is InChI=1S/C14H22N4O/c1-3-10-12-13(18(2)17-10)15-11-8-6-4-5-7-9(11)14(19)16-12/h9,11,15H,3-8H2,1-2H3,(H,16,19). The van der Waals surface area contributed by atoms with E-state index in [1.807, 2.05) is 11.7 Å². The monoisotopic (exact) mass is 262 g/mol. The molecule has 5 heteroatoms. The number of aryl methyl sites for hydroxylation is 2. The quantitative estimate of drug-likeness (QED) is 0.816. The first-order valence-corrected chi connectivity index (χ1v) is 7.34. The first-order valence-electron chi connectivity index (χ1n) is 7.34. The topological polar surface area (TPSA) is 59.0 Å². The molecule has 2 N–H and O–H groups in total. The van der Waals surface area contributed by atoms with Gasteiger partial charge in [0.1, 0.15) is 11.5 Å². The third-order valence-corrected chi connectivity index (χ3v) is 4.38. The Kier molecular flexibility index (Phi) is 3.21. The fourth-order valence-corrected chi connectivity index (χ4v) is 3.31. The first kappa shape index (κ1) is 12.5. The van der Waals surface area contributed by atoms with Gasteiger partial charge in [0.25, 0.3) is 0 Å². The van der Waals surface area contributed by atoms with Crippen LogP contribution >= 0.6 is 0 Å². The molecule has 1 saturated carbocycles. The summed E-state index contributed by atoms with van der Waals surface area (Å²) in [7, 11) is 1.94. The third kappa shape index (κ3) is 2.11. The molecular formula is C14H22N4O. The van der Waals surface area contributed by atoms with Crippen molar-refractivity contribution >= 4 is 17.4 Å². The zero-order valence-corrected chi connectivity index (χ0v) is 11.7. The fourth-order valence-electron chi connectivity index (χ4n) is 3.31. The first-order chi connectivity index (χ1) is 9.20. The molecule has 1 amide bonds. The molecule has 2 aliphatic rings. The number of carbonyl (C=O) groups excluding carboxylic acids is 1. The minimum absolute atomic E-state index is 0.0969. The number of aromatic nitrogens is 2. The van der Waals surface area contributed by atoms with Gasteiger partial charge in [-0.15, -0.1) is 0 Å². The van der Waals surface area contributed by atoms with Crippen LogP contribution in [0.4, 0.5) is 11.5 Å². The van der Waals surface area contributed by atoms with Crippen molar-refractivity contribution in [2.45, 2.75) is 51.5 Å². The van der Waals surface area contributed by atoms with Gasteiger partial charge in [-0.2, -0.15) is 5.10 Å². The summed E-state index contributed by atoms with van der Waals surface area (Å²) in [6, 6.07) is 0.254. The van der Waals surface area contributed by atoms with Gasteiger partial charge < -0.3 is 10.6 Å². The van der Waals surface area contributed by atoms with E-state index in [1.54, 1.807) is 0 Å². The second-order valence-corrected chi connectivity index (χ2v) is 5.63. The number of carbonyl (C=O) groups is 1. The van der Waals surface area contributed by atoms with Crippen molar-refractivity contribution in [3.8, 4) is 0 Å². The van der Waals surface area contributed by atoms with E-state index in [0.29, 0.717) is 0 Å². The Hall–Kier alpha value is -1.52. The number of hydrogen-bond donors (Lipinski definition) is 2. The summed E-state index contributed by atoms with van der Waals surface area (Å²) in [5.74, 6) is 1.24. The normalized spacial score (nSPS) is 26.5. The number of nitrogens with zero attached hydrogens (tertiary/aromatic N) is 2. The van der Waals surface area contributed by atoms with Crippen molar-refractivity contribution in [2.75, 3.05) is 10.6 Å². The molecule has 2 unspecified atom stereocenters. The van der Waals surface area contributed by atoms with Gasteiger partial charge >= 0.3 is 0 Å². The Balaban J connectivity index is 1.99. The molecule has 3 rings (SSSR count). The van der Waals surface area contributed by atoms with Gasteiger partial charge in [0.2, 0.25) is 5.91 Å².